The van der Waals surface area contributed by atoms with Crippen LogP contribution >= 0.6 is 11.8 Å². The fourth-order valence-electron chi connectivity index (χ4n) is 2.65. The quantitative estimate of drug-likeness (QED) is 0.391. The van der Waals surface area contributed by atoms with Crippen molar-refractivity contribution in [3.8, 4) is 0 Å². The van der Waals surface area contributed by atoms with Gasteiger partial charge in [0.05, 0.1) is 12.4 Å². The van der Waals surface area contributed by atoms with Crippen LogP contribution < -0.4 is 5.73 Å². The van der Waals surface area contributed by atoms with E-state index in [4.69, 9.17) is 15.6 Å². The van der Waals surface area contributed by atoms with Gasteiger partial charge in [-0.2, -0.15) is 0 Å². The highest BCUT2D eigenvalue weighted by Crippen LogP contribution is 2.34. The van der Waals surface area contributed by atoms with Crippen LogP contribution in [0.4, 0.5) is 0 Å². The van der Waals surface area contributed by atoms with Crippen molar-refractivity contribution in [2.75, 3.05) is 12.9 Å². The van der Waals surface area contributed by atoms with E-state index in [1.54, 1.807) is 11.5 Å². The first-order valence-corrected chi connectivity index (χ1v) is 9.29. The molecule has 0 bridgehead atoms. The van der Waals surface area contributed by atoms with Gasteiger partial charge in [-0.3, -0.25) is 9.36 Å². The number of nitrogens with two attached hydrogens (primary N) is 1. The lowest BCUT2D eigenvalue weighted by atomic mass is 10.1. The third kappa shape index (κ3) is 4.30. The predicted molar refractivity (Wildman–Crippen MR) is 94.2 cm³/mol. The maximum absolute atomic E-state index is 10.9. The minimum Gasteiger partial charge on any atom is -0.397 e. The van der Waals surface area contributed by atoms with Gasteiger partial charge in [0.25, 0.3) is 0 Å². The number of imidazole rings is 1. The molecule has 1 fully saturated rings. The van der Waals surface area contributed by atoms with Crippen molar-refractivity contribution < 1.29 is 24.9 Å². The van der Waals surface area contributed by atoms with Crippen LogP contribution in [0.3, 0.4) is 0 Å². The first-order valence-electron chi connectivity index (χ1n) is 8.06. The number of nitrogens with zero attached hydrogens (tertiary/aromatic N) is 4. The molecule has 1 saturated heterocycles. The zero-order valence-corrected chi connectivity index (χ0v) is 15.3. The molecule has 1 amide bonds. The number of ether oxygens (including phenoxy) is 1. The molecular weight excluding hydrogens is 362 g/mol. The van der Waals surface area contributed by atoms with E-state index in [0.717, 1.165) is 0 Å². The molecule has 4 atom stereocenters. The van der Waals surface area contributed by atoms with E-state index in [2.05, 4.69) is 15.0 Å². The van der Waals surface area contributed by atoms with Crippen LogP contribution in [-0.2, 0) is 9.53 Å². The van der Waals surface area contributed by atoms with Crippen LogP contribution in [0, 0.1) is 0 Å². The first-order chi connectivity index (χ1) is 12.4. The average Bonchev–Trinajstić information content (AvgIpc) is 3.16. The van der Waals surface area contributed by atoms with Gasteiger partial charge in [-0.1, -0.05) is 0 Å². The van der Waals surface area contributed by atoms with Gasteiger partial charge in [-0.15, -0.1) is 11.8 Å². The molecule has 3 rings (SSSR count). The summed E-state index contributed by atoms with van der Waals surface area (Å²) in [6, 6.07) is 0. The zero-order valence-electron chi connectivity index (χ0n) is 14.5. The molecule has 2 aromatic heterocycles. The summed E-state index contributed by atoms with van der Waals surface area (Å²) in [5.41, 5.74) is 6.23. The van der Waals surface area contributed by atoms with Crippen LogP contribution in [0.15, 0.2) is 17.7 Å². The van der Waals surface area contributed by atoms with E-state index >= 15 is 0 Å². The number of rotatable bonds is 5. The lowest BCUT2D eigenvalue weighted by Gasteiger charge is -2.16. The second kappa shape index (κ2) is 9.24. The molecule has 0 aromatic carbocycles. The summed E-state index contributed by atoms with van der Waals surface area (Å²) in [6.07, 6.45) is 1.32. The number of primary amides is 1. The number of hydrogen-bond donors (Lipinski definition) is 4. The smallest absolute Gasteiger partial charge is 0.217 e. The van der Waals surface area contributed by atoms with E-state index in [0.29, 0.717) is 16.2 Å². The van der Waals surface area contributed by atoms with Gasteiger partial charge >= 0.3 is 0 Å². The molecule has 0 aliphatic carbocycles. The minimum absolute atomic E-state index is 0.0740. The second-order valence-corrected chi connectivity index (χ2v) is 6.37. The molecule has 4 unspecified atom stereocenters. The number of hydrogen-bond acceptors (Lipinski definition) is 9. The summed E-state index contributed by atoms with van der Waals surface area (Å²) in [5, 5.41) is 28.7. The maximum Gasteiger partial charge on any atom is 0.217 e. The Bertz CT molecular complexity index is 742. The van der Waals surface area contributed by atoms with Crippen molar-refractivity contribution in [2.45, 2.75) is 49.3 Å². The minimum atomic E-state index is -1.15. The van der Waals surface area contributed by atoms with Crippen molar-refractivity contribution in [1.82, 2.24) is 19.5 Å². The van der Waals surface area contributed by atoms with Crippen LogP contribution in [0.5, 0.6) is 0 Å². The summed E-state index contributed by atoms with van der Waals surface area (Å²) < 4.78 is 7.27. The van der Waals surface area contributed by atoms with Crippen molar-refractivity contribution in [1.29, 1.82) is 0 Å². The Hall–Kier alpha value is -1.79. The van der Waals surface area contributed by atoms with Crippen LogP contribution in [0.1, 0.15) is 26.0 Å². The number of aliphatic hydroxyl groups is 3. The van der Waals surface area contributed by atoms with Gasteiger partial charge in [-0.25, -0.2) is 15.0 Å². The predicted octanol–water partition coefficient (Wildman–Crippen LogP) is -0.568. The number of carbonyl (C=O) groups excluding carboxylic acids is 1. The van der Waals surface area contributed by atoms with Gasteiger partial charge in [0.1, 0.15) is 29.1 Å². The highest BCUT2D eigenvalue weighted by Gasteiger charge is 2.44. The number of fused-ring (bicyclic) bond motifs is 1. The Kier molecular flexibility index (Phi) is 7.29. The molecule has 1 aliphatic heterocycles. The number of carbonyl (C=O) groups is 1. The lowest BCUT2D eigenvalue weighted by molar-refractivity contribution is -0.119. The molecule has 11 heteroatoms. The van der Waals surface area contributed by atoms with E-state index in [1.165, 1.54) is 24.4 Å². The fraction of sp³-hybridized carbons (Fsp3) is 0.600. The molecule has 144 valence electrons. The van der Waals surface area contributed by atoms with Gasteiger partial charge in [0.15, 0.2) is 11.9 Å². The van der Waals surface area contributed by atoms with Crippen molar-refractivity contribution in [3.63, 3.8) is 0 Å². The van der Waals surface area contributed by atoms with Gasteiger partial charge < -0.3 is 25.8 Å². The Morgan fingerprint density at radius 3 is 2.65 bits per heavy atom. The van der Waals surface area contributed by atoms with Gasteiger partial charge in [0.2, 0.25) is 5.91 Å². The molecule has 26 heavy (non-hydrogen) atoms. The van der Waals surface area contributed by atoms with Crippen molar-refractivity contribution >= 4 is 28.8 Å². The first kappa shape index (κ1) is 20.5. The number of aliphatic hydroxyl groups excluding tert-OH is 3. The molecular formula is C15H23N5O5S. The summed E-state index contributed by atoms with van der Waals surface area (Å²) in [4.78, 5) is 23.5. The third-order valence-corrected chi connectivity index (χ3v) is 4.49. The summed E-state index contributed by atoms with van der Waals surface area (Å²) >= 11 is 1.44. The standard InChI is InChI=1S/C13H17N5O4S.C2H6O/c1-23-12-8-11(15-4-16-12)18(5-17-8)13-10(21)9(20)6(22-13)2-3-7(14)19;1-2-3/h4-6,9-10,13,20-21H,2-3H2,1H3,(H2,14,19);3H,2H2,1H3. The van der Waals surface area contributed by atoms with E-state index < -0.39 is 30.4 Å². The van der Waals surface area contributed by atoms with Crippen LogP contribution in [0.2, 0.25) is 0 Å². The number of aromatic nitrogens is 4. The van der Waals surface area contributed by atoms with Crippen molar-refractivity contribution in [3.05, 3.63) is 12.7 Å². The summed E-state index contributed by atoms with van der Waals surface area (Å²) in [6.45, 7) is 1.93. The SMILES string of the molecule is CCO.CSc1ncnc2c1ncn2C1OC(CCC(N)=O)C(O)C1O. The second-order valence-electron chi connectivity index (χ2n) is 5.57. The zero-order chi connectivity index (χ0) is 19.3. The fourth-order valence-corrected chi connectivity index (χ4v) is 3.14. The third-order valence-electron chi connectivity index (χ3n) is 3.81. The number of amides is 1. The Morgan fingerprint density at radius 2 is 2.04 bits per heavy atom. The normalized spacial score (nSPS) is 25.1. The van der Waals surface area contributed by atoms with E-state index in [1.807, 2.05) is 6.26 Å². The monoisotopic (exact) mass is 385 g/mol. The topological polar surface area (TPSA) is 157 Å². The van der Waals surface area contributed by atoms with E-state index in [-0.39, 0.29) is 19.4 Å². The molecule has 3 heterocycles. The highest BCUT2D eigenvalue weighted by atomic mass is 32.2. The molecule has 10 nitrogen and oxygen atoms in total. The van der Waals surface area contributed by atoms with Gasteiger partial charge in [0, 0.05) is 13.0 Å². The summed E-state index contributed by atoms with van der Waals surface area (Å²) in [7, 11) is 0. The molecule has 2 aromatic rings. The molecule has 1 aliphatic rings. The Morgan fingerprint density at radius 1 is 1.35 bits per heavy atom. The molecule has 0 radical (unpaired) electrons. The van der Waals surface area contributed by atoms with Crippen molar-refractivity contribution in [2.24, 2.45) is 5.73 Å². The molecule has 0 saturated carbocycles. The lowest BCUT2D eigenvalue weighted by Crippen LogP contribution is -2.32. The van der Waals surface area contributed by atoms with Crippen LogP contribution in [-0.4, -0.2) is 71.9 Å². The molecule has 5 N–H and O–H groups in total. The Balaban J connectivity index is 0.000000758. The number of thioether (sulfide) groups is 1. The maximum atomic E-state index is 10.9. The summed E-state index contributed by atoms with van der Waals surface area (Å²) in [5.74, 6) is -0.482. The highest BCUT2D eigenvalue weighted by molar-refractivity contribution is 7.98. The largest absolute Gasteiger partial charge is 0.397 e. The van der Waals surface area contributed by atoms with Crippen LogP contribution in [0.25, 0.3) is 11.2 Å². The Labute approximate surface area is 154 Å². The van der Waals surface area contributed by atoms with Gasteiger partial charge in [-0.05, 0) is 19.6 Å². The molecule has 0 spiro atoms. The average molecular weight is 385 g/mol. The van der Waals surface area contributed by atoms with E-state index in [9.17, 15) is 15.0 Å².